The lowest BCUT2D eigenvalue weighted by molar-refractivity contribution is 0.537. The van der Waals surface area contributed by atoms with Crippen LogP contribution in [0.5, 0.6) is 0 Å². The molecule has 0 unspecified atom stereocenters. The van der Waals surface area contributed by atoms with Gasteiger partial charge < -0.3 is 9.88 Å². The number of nitrogens with one attached hydrogen (secondary N) is 1. The maximum absolute atomic E-state index is 4.05. The monoisotopic (exact) mass is 257 g/mol. The van der Waals surface area contributed by atoms with E-state index in [-0.39, 0.29) is 0 Å². The summed E-state index contributed by atoms with van der Waals surface area (Å²) >= 11 is 0. The van der Waals surface area contributed by atoms with Crippen molar-refractivity contribution >= 4 is 0 Å². The molecule has 1 aromatic carbocycles. The van der Waals surface area contributed by atoms with E-state index in [1.165, 1.54) is 17.5 Å². The van der Waals surface area contributed by atoms with Crippen LogP contribution in [0.4, 0.5) is 0 Å². The van der Waals surface area contributed by atoms with Gasteiger partial charge in [-0.15, -0.1) is 0 Å². The van der Waals surface area contributed by atoms with Crippen molar-refractivity contribution in [2.24, 2.45) is 5.92 Å². The lowest BCUT2D eigenvalue weighted by atomic mass is 10.1. The fourth-order valence-corrected chi connectivity index (χ4v) is 1.98. The lowest BCUT2D eigenvalue weighted by Crippen LogP contribution is -2.16. The third-order valence-corrected chi connectivity index (χ3v) is 3.17. The van der Waals surface area contributed by atoms with Crippen molar-refractivity contribution < 1.29 is 0 Å². The zero-order valence-corrected chi connectivity index (χ0v) is 11.8. The highest BCUT2D eigenvalue weighted by molar-refractivity contribution is 5.22. The van der Waals surface area contributed by atoms with E-state index in [4.69, 9.17) is 0 Å². The molecule has 3 nitrogen and oxygen atoms in total. The van der Waals surface area contributed by atoms with E-state index in [9.17, 15) is 0 Å². The van der Waals surface area contributed by atoms with Gasteiger partial charge in [-0.25, -0.2) is 4.98 Å². The minimum atomic E-state index is 0.769. The van der Waals surface area contributed by atoms with Gasteiger partial charge >= 0.3 is 0 Å². The Morgan fingerprint density at radius 1 is 1.16 bits per heavy atom. The van der Waals surface area contributed by atoms with E-state index in [1.807, 2.05) is 18.7 Å². The molecule has 0 saturated carbocycles. The van der Waals surface area contributed by atoms with Gasteiger partial charge in [0.2, 0.25) is 0 Å². The smallest absolute Gasteiger partial charge is 0.0949 e. The minimum absolute atomic E-state index is 0.769. The highest BCUT2D eigenvalue weighted by Gasteiger charge is 1.97. The molecule has 0 spiro atoms. The standard InChI is InChI=1S/C16H23N3/c1-14(2)7-8-17-11-15-3-5-16(6-4-15)12-19-10-9-18-13-19/h3-6,9-10,13-14,17H,7-8,11-12H2,1-2H3. The number of aromatic nitrogens is 2. The Morgan fingerprint density at radius 2 is 1.89 bits per heavy atom. The maximum Gasteiger partial charge on any atom is 0.0949 e. The van der Waals surface area contributed by atoms with E-state index in [2.05, 4.69) is 53.0 Å². The second-order valence-corrected chi connectivity index (χ2v) is 5.41. The molecule has 0 aliphatic rings. The van der Waals surface area contributed by atoms with Gasteiger partial charge in [0.15, 0.2) is 0 Å². The fourth-order valence-electron chi connectivity index (χ4n) is 1.98. The predicted molar refractivity (Wildman–Crippen MR) is 78.9 cm³/mol. The van der Waals surface area contributed by atoms with Crippen LogP contribution in [-0.4, -0.2) is 16.1 Å². The molecule has 0 aliphatic carbocycles. The fraction of sp³-hybridized carbons (Fsp3) is 0.438. The molecule has 19 heavy (non-hydrogen) atoms. The zero-order chi connectivity index (χ0) is 13.5. The molecule has 2 rings (SSSR count). The summed E-state index contributed by atoms with van der Waals surface area (Å²) < 4.78 is 2.08. The second-order valence-electron chi connectivity index (χ2n) is 5.41. The van der Waals surface area contributed by atoms with Crippen LogP contribution in [0.1, 0.15) is 31.4 Å². The Hall–Kier alpha value is -1.61. The highest BCUT2D eigenvalue weighted by atomic mass is 15.0. The van der Waals surface area contributed by atoms with Gasteiger partial charge in [0, 0.05) is 25.5 Å². The van der Waals surface area contributed by atoms with Crippen LogP contribution in [0.25, 0.3) is 0 Å². The van der Waals surface area contributed by atoms with E-state index < -0.39 is 0 Å². The van der Waals surface area contributed by atoms with Crippen molar-refractivity contribution in [1.29, 1.82) is 0 Å². The van der Waals surface area contributed by atoms with Crippen molar-refractivity contribution in [2.75, 3.05) is 6.54 Å². The molecule has 0 fully saturated rings. The van der Waals surface area contributed by atoms with Crippen LogP contribution < -0.4 is 5.32 Å². The summed E-state index contributed by atoms with van der Waals surface area (Å²) in [5.74, 6) is 0.769. The van der Waals surface area contributed by atoms with Gasteiger partial charge in [0.25, 0.3) is 0 Å². The highest BCUT2D eigenvalue weighted by Crippen LogP contribution is 2.06. The summed E-state index contributed by atoms with van der Waals surface area (Å²) in [4.78, 5) is 4.05. The summed E-state index contributed by atoms with van der Waals surface area (Å²) in [5.41, 5.74) is 2.65. The first-order chi connectivity index (χ1) is 9.24. The maximum atomic E-state index is 4.05. The SMILES string of the molecule is CC(C)CCNCc1ccc(Cn2ccnc2)cc1. The summed E-state index contributed by atoms with van der Waals surface area (Å²) in [6.07, 6.45) is 6.88. The van der Waals surface area contributed by atoms with Gasteiger partial charge in [-0.1, -0.05) is 38.1 Å². The van der Waals surface area contributed by atoms with Gasteiger partial charge in [0.05, 0.1) is 6.33 Å². The molecule has 0 saturated heterocycles. The molecule has 1 heterocycles. The van der Waals surface area contributed by atoms with Gasteiger partial charge in [-0.3, -0.25) is 0 Å². The van der Waals surface area contributed by atoms with Crippen LogP contribution >= 0.6 is 0 Å². The number of hydrogen-bond acceptors (Lipinski definition) is 2. The Balaban J connectivity index is 1.78. The van der Waals surface area contributed by atoms with Crippen LogP contribution in [0, 0.1) is 5.92 Å². The van der Waals surface area contributed by atoms with E-state index in [0.717, 1.165) is 25.6 Å². The Morgan fingerprint density at radius 3 is 2.53 bits per heavy atom. The Kier molecular flexibility index (Phi) is 5.16. The van der Waals surface area contributed by atoms with E-state index >= 15 is 0 Å². The molecule has 0 atom stereocenters. The van der Waals surface area contributed by atoms with Crippen LogP contribution in [0.15, 0.2) is 43.0 Å². The van der Waals surface area contributed by atoms with Crippen molar-refractivity contribution in [1.82, 2.24) is 14.9 Å². The molecular formula is C16H23N3. The molecular weight excluding hydrogens is 234 g/mol. The number of hydrogen-bond donors (Lipinski definition) is 1. The molecule has 0 aliphatic heterocycles. The average molecular weight is 257 g/mol. The summed E-state index contributed by atoms with van der Waals surface area (Å²) in [5, 5.41) is 3.48. The zero-order valence-electron chi connectivity index (χ0n) is 11.8. The third-order valence-electron chi connectivity index (χ3n) is 3.17. The molecule has 102 valence electrons. The minimum Gasteiger partial charge on any atom is -0.333 e. The number of benzene rings is 1. The molecule has 1 N–H and O–H groups in total. The van der Waals surface area contributed by atoms with Crippen LogP contribution in [0.2, 0.25) is 0 Å². The first kappa shape index (κ1) is 13.8. The summed E-state index contributed by atoms with van der Waals surface area (Å²) in [6.45, 7) is 7.45. The Bertz CT molecular complexity index is 457. The van der Waals surface area contributed by atoms with Gasteiger partial charge in [-0.05, 0) is 30.0 Å². The second kappa shape index (κ2) is 7.10. The van der Waals surface area contributed by atoms with Crippen LogP contribution in [-0.2, 0) is 13.1 Å². The topological polar surface area (TPSA) is 29.9 Å². The largest absolute Gasteiger partial charge is 0.333 e. The van der Waals surface area contributed by atoms with Crippen LogP contribution in [0.3, 0.4) is 0 Å². The molecule has 0 amide bonds. The van der Waals surface area contributed by atoms with Gasteiger partial charge in [-0.2, -0.15) is 0 Å². The predicted octanol–water partition coefficient (Wildman–Crippen LogP) is 3.07. The molecule has 0 radical (unpaired) electrons. The first-order valence-corrected chi connectivity index (χ1v) is 6.98. The van der Waals surface area contributed by atoms with E-state index in [0.29, 0.717) is 0 Å². The number of rotatable bonds is 7. The normalized spacial score (nSPS) is 11.1. The first-order valence-electron chi connectivity index (χ1n) is 6.98. The molecule has 2 aromatic rings. The van der Waals surface area contributed by atoms with Gasteiger partial charge in [0.1, 0.15) is 0 Å². The van der Waals surface area contributed by atoms with Crippen molar-refractivity contribution in [3.05, 3.63) is 54.1 Å². The lowest BCUT2D eigenvalue weighted by Gasteiger charge is -2.08. The van der Waals surface area contributed by atoms with E-state index in [1.54, 1.807) is 0 Å². The van der Waals surface area contributed by atoms with Crippen molar-refractivity contribution in [3.63, 3.8) is 0 Å². The Labute approximate surface area is 115 Å². The van der Waals surface area contributed by atoms with Crippen molar-refractivity contribution in [3.8, 4) is 0 Å². The summed E-state index contributed by atoms with van der Waals surface area (Å²) in [7, 11) is 0. The average Bonchev–Trinajstić information content (AvgIpc) is 2.89. The summed E-state index contributed by atoms with van der Waals surface area (Å²) in [6, 6.07) is 8.79. The molecule has 0 bridgehead atoms. The molecule has 1 aromatic heterocycles. The quantitative estimate of drug-likeness (QED) is 0.773. The van der Waals surface area contributed by atoms with Crippen molar-refractivity contribution in [2.45, 2.75) is 33.4 Å². The number of nitrogens with zero attached hydrogens (tertiary/aromatic N) is 2. The third kappa shape index (κ3) is 4.87. The molecule has 3 heteroatoms. The number of imidazole rings is 1.